The number of halogens is 1. The lowest BCUT2D eigenvalue weighted by molar-refractivity contribution is -0.948. The van der Waals surface area contributed by atoms with Crippen molar-refractivity contribution in [2.24, 2.45) is 0 Å². The molecule has 2 fully saturated rings. The van der Waals surface area contributed by atoms with E-state index in [4.69, 9.17) is 0 Å². The first kappa shape index (κ1) is 21.6. The summed E-state index contributed by atoms with van der Waals surface area (Å²) in [5, 5.41) is 7.13. The van der Waals surface area contributed by atoms with Gasteiger partial charge >= 0.3 is 0 Å². The lowest BCUT2D eigenvalue weighted by atomic mass is 10.2. The molecule has 0 bridgehead atoms. The third-order valence-electron chi connectivity index (χ3n) is 7.06. The van der Waals surface area contributed by atoms with Gasteiger partial charge in [-0.15, -0.1) is 16.8 Å². The van der Waals surface area contributed by atoms with Crippen LogP contribution < -0.4 is 4.90 Å². The maximum atomic E-state index is 13.4. The number of piperazine rings is 1. The van der Waals surface area contributed by atoms with Crippen molar-refractivity contribution in [3.8, 4) is 5.69 Å². The molecule has 2 aromatic rings. The number of amides is 1. The van der Waals surface area contributed by atoms with E-state index in [1.807, 2.05) is 28.3 Å². The summed E-state index contributed by atoms with van der Waals surface area (Å²) in [6.07, 6.45) is 8.56. The zero-order chi connectivity index (χ0) is 23.3. The van der Waals surface area contributed by atoms with Gasteiger partial charge in [-0.2, -0.15) is 9.69 Å². The molecule has 0 N–H and O–H groups in total. The molecule has 0 spiro atoms. The third-order valence-corrected chi connectivity index (χ3v) is 8.03. The standard InChI is InChI=1S/C25H28FN6OS/c1-19-15-24(31(27-19)22-6-4-21(26)5-7-22)28-8-10-30(11-9-28)32-13-2-3-23(32)16-20(17-32)25(33)29-12-14-34-18-29/h2-7,13,15-16H,8-12,14,17-18H2,1H3/q+1/t32-/m1/s1. The second kappa shape index (κ2) is 8.41. The molecule has 2 saturated heterocycles. The van der Waals surface area contributed by atoms with Crippen LogP contribution in [0.4, 0.5) is 10.2 Å². The Hall–Kier alpha value is -2.88. The first-order valence-corrected chi connectivity index (χ1v) is 12.9. The summed E-state index contributed by atoms with van der Waals surface area (Å²) < 4.78 is 16.0. The fourth-order valence-corrected chi connectivity index (χ4v) is 6.26. The molecular formula is C25H28FN6OS+. The zero-order valence-electron chi connectivity index (χ0n) is 19.2. The molecule has 34 heavy (non-hydrogen) atoms. The summed E-state index contributed by atoms with van der Waals surface area (Å²) in [7, 11) is 0. The van der Waals surface area contributed by atoms with E-state index in [1.54, 1.807) is 12.1 Å². The van der Waals surface area contributed by atoms with E-state index >= 15 is 0 Å². The van der Waals surface area contributed by atoms with E-state index in [2.05, 4.69) is 45.5 Å². The van der Waals surface area contributed by atoms with Gasteiger partial charge < -0.3 is 9.80 Å². The van der Waals surface area contributed by atoms with E-state index in [0.29, 0.717) is 11.1 Å². The molecule has 7 nitrogen and oxygen atoms in total. The molecular weight excluding hydrogens is 451 g/mol. The van der Waals surface area contributed by atoms with Crippen LogP contribution in [0.15, 0.2) is 66.0 Å². The first-order valence-electron chi connectivity index (χ1n) is 11.7. The number of aryl methyl sites for hydroxylation is 1. The molecule has 6 rings (SSSR count). The number of carbonyl (C=O) groups excluding carboxylic acids is 1. The number of carbonyl (C=O) groups is 1. The van der Waals surface area contributed by atoms with Crippen molar-refractivity contribution >= 4 is 23.5 Å². The molecule has 176 valence electrons. The summed E-state index contributed by atoms with van der Waals surface area (Å²) in [5.41, 5.74) is 3.87. The van der Waals surface area contributed by atoms with Gasteiger partial charge in [-0.1, -0.05) is 0 Å². The van der Waals surface area contributed by atoms with Crippen molar-refractivity contribution in [3.63, 3.8) is 0 Å². The molecule has 1 aromatic heterocycles. The Bertz CT molecular complexity index is 1200. The molecule has 4 aliphatic rings. The predicted octanol–water partition coefficient (Wildman–Crippen LogP) is 3.06. The highest BCUT2D eigenvalue weighted by molar-refractivity contribution is 7.99. The number of nitrogens with zero attached hydrogens (tertiary/aromatic N) is 6. The van der Waals surface area contributed by atoms with E-state index in [9.17, 15) is 9.18 Å². The van der Waals surface area contributed by atoms with E-state index in [1.165, 1.54) is 17.8 Å². The SMILES string of the molecule is Cc1cc(N2CCN([N@@+]34C=CC=C3C=C(C(=O)N3CCSC3)C4)CC2)n(-c2ccc(F)cc2)n1. The minimum Gasteiger partial charge on any atom is -0.353 e. The Labute approximate surface area is 203 Å². The summed E-state index contributed by atoms with van der Waals surface area (Å²) in [5.74, 6) is 2.78. The highest BCUT2D eigenvalue weighted by Gasteiger charge is 2.48. The topological polar surface area (TPSA) is 44.6 Å². The fourth-order valence-electron chi connectivity index (χ4n) is 5.32. The average molecular weight is 480 g/mol. The normalized spacial score (nSPS) is 24.5. The van der Waals surface area contributed by atoms with Crippen molar-refractivity contribution in [2.75, 3.05) is 55.8 Å². The van der Waals surface area contributed by atoms with Crippen molar-refractivity contribution < 1.29 is 13.8 Å². The van der Waals surface area contributed by atoms with Gasteiger partial charge in [0.2, 0.25) is 0 Å². The minimum atomic E-state index is -0.250. The molecule has 9 heteroatoms. The second-order valence-corrected chi connectivity index (χ2v) is 10.2. The van der Waals surface area contributed by atoms with Crippen LogP contribution in [-0.2, 0) is 4.79 Å². The number of rotatable bonds is 4. The van der Waals surface area contributed by atoms with Crippen LogP contribution in [0.3, 0.4) is 0 Å². The molecule has 0 unspecified atom stereocenters. The van der Waals surface area contributed by atoms with Crippen LogP contribution >= 0.6 is 11.8 Å². The van der Waals surface area contributed by atoms with Gasteiger partial charge in [0.05, 0.1) is 35.9 Å². The smallest absolute Gasteiger partial charge is 0.256 e. The van der Waals surface area contributed by atoms with Crippen LogP contribution in [0.2, 0.25) is 0 Å². The van der Waals surface area contributed by atoms with Crippen LogP contribution in [0, 0.1) is 12.7 Å². The number of aromatic nitrogens is 2. The summed E-state index contributed by atoms with van der Waals surface area (Å²) >= 11 is 1.82. The number of fused-ring (bicyclic) bond motifs is 1. The molecule has 1 atom stereocenters. The Balaban J connectivity index is 1.18. The van der Waals surface area contributed by atoms with Crippen LogP contribution in [0.25, 0.3) is 5.69 Å². The maximum absolute atomic E-state index is 13.4. The highest BCUT2D eigenvalue weighted by atomic mass is 32.2. The molecule has 5 heterocycles. The van der Waals surface area contributed by atoms with Gasteiger partial charge in [0.1, 0.15) is 24.4 Å². The number of benzene rings is 1. The monoisotopic (exact) mass is 479 g/mol. The average Bonchev–Trinajstić information content (AvgIpc) is 3.63. The van der Waals surface area contributed by atoms with Gasteiger partial charge in [0.25, 0.3) is 5.91 Å². The fraction of sp³-hybridized carbons (Fsp3) is 0.360. The number of allylic oxidation sites excluding steroid dienone is 3. The molecule has 0 radical (unpaired) electrons. The maximum Gasteiger partial charge on any atom is 0.256 e. The molecule has 1 amide bonds. The van der Waals surface area contributed by atoms with Gasteiger partial charge in [0.15, 0.2) is 5.70 Å². The van der Waals surface area contributed by atoms with E-state index in [-0.39, 0.29) is 11.7 Å². The summed E-state index contributed by atoms with van der Waals surface area (Å²) in [6.45, 7) is 6.94. The van der Waals surface area contributed by atoms with E-state index in [0.717, 1.165) is 67.1 Å². The van der Waals surface area contributed by atoms with Crippen molar-refractivity contribution in [1.82, 2.24) is 19.7 Å². The number of quaternary nitrogens is 1. The second-order valence-electron chi connectivity index (χ2n) is 9.17. The van der Waals surface area contributed by atoms with Crippen molar-refractivity contribution in [3.05, 3.63) is 77.5 Å². The number of anilines is 1. The molecule has 0 aliphatic carbocycles. The van der Waals surface area contributed by atoms with E-state index < -0.39 is 0 Å². The van der Waals surface area contributed by atoms with Gasteiger partial charge in [-0.05, 0) is 37.3 Å². The third kappa shape index (κ3) is 3.59. The first-order chi connectivity index (χ1) is 16.5. The van der Waals surface area contributed by atoms with Gasteiger partial charge in [0, 0.05) is 43.6 Å². The van der Waals surface area contributed by atoms with Gasteiger partial charge in [-0.3, -0.25) is 4.79 Å². The molecule has 1 aromatic carbocycles. The number of hydrogen-bond acceptors (Lipinski definition) is 5. The Kier molecular flexibility index (Phi) is 5.35. The molecule has 4 aliphatic heterocycles. The Morgan fingerprint density at radius 1 is 1.12 bits per heavy atom. The minimum absolute atomic E-state index is 0.184. The van der Waals surface area contributed by atoms with Crippen molar-refractivity contribution in [2.45, 2.75) is 6.92 Å². The Morgan fingerprint density at radius 3 is 2.65 bits per heavy atom. The van der Waals surface area contributed by atoms with Crippen molar-refractivity contribution in [1.29, 1.82) is 0 Å². The lowest BCUT2D eigenvalue weighted by Gasteiger charge is -2.44. The zero-order valence-corrected chi connectivity index (χ0v) is 20.0. The predicted molar refractivity (Wildman–Crippen MR) is 132 cm³/mol. The van der Waals surface area contributed by atoms with Crippen LogP contribution in [0.5, 0.6) is 0 Å². The summed E-state index contributed by atoms with van der Waals surface area (Å²) in [4.78, 5) is 17.4. The molecule has 0 saturated carbocycles. The van der Waals surface area contributed by atoms with Crippen LogP contribution in [-0.4, -0.2) is 81.1 Å². The van der Waals surface area contributed by atoms with Crippen LogP contribution in [0.1, 0.15) is 5.69 Å². The lowest BCUT2D eigenvalue weighted by Crippen LogP contribution is -2.60. The quantitative estimate of drug-likeness (QED) is 0.631. The highest BCUT2D eigenvalue weighted by Crippen LogP contribution is 2.38. The Morgan fingerprint density at radius 2 is 1.91 bits per heavy atom. The number of thioether (sulfide) groups is 1. The number of hydrogen-bond donors (Lipinski definition) is 0. The summed E-state index contributed by atoms with van der Waals surface area (Å²) in [6, 6.07) is 8.56. The largest absolute Gasteiger partial charge is 0.353 e. The van der Waals surface area contributed by atoms with Gasteiger partial charge in [-0.25, -0.2) is 9.07 Å².